The lowest BCUT2D eigenvalue weighted by atomic mass is 9.93. The molecule has 10 nitrogen and oxygen atoms in total. The Labute approximate surface area is 199 Å². The molecule has 0 bridgehead atoms. The van der Waals surface area contributed by atoms with E-state index in [0.29, 0.717) is 5.02 Å². The molecular formula is C23H23ClN6O4. The summed E-state index contributed by atoms with van der Waals surface area (Å²) in [5, 5.41) is 21.5. The highest BCUT2D eigenvalue weighted by Crippen LogP contribution is 2.36. The fourth-order valence-electron chi connectivity index (χ4n) is 3.84. The maximum atomic E-state index is 12.8. The summed E-state index contributed by atoms with van der Waals surface area (Å²) >= 11 is 6.55. The molecule has 2 atom stereocenters. The maximum absolute atomic E-state index is 12.8. The second-order valence-electron chi connectivity index (χ2n) is 7.84. The second kappa shape index (κ2) is 9.52. The summed E-state index contributed by atoms with van der Waals surface area (Å²) in [7, 11) is 1.49. The predicted octanol–water partition coefficient (Wildman–Crippen LogP) is 3.53. The van der Waals surface area contributed by atoms with Gasteiger partial charge in [-0.2, -0.15) is 5.10 Å². The number of carbonyl (C=O) groups excluding carboxylic acids is 1. The molecule has 4 aromatic rings. The number of benzene rings is 1. The highest BCUT2D eigenvalue weighted by Gasteiger charge is 2.31. The van der Waals surface area contributed by atoms with Crippen LogP contribution in [0.1, 0.15) is 53.2 Å². The van der Waals surface area contributed by atoms with Gasteiger partial charge in [-0.15, -0.1) is 0 Å². The van der Waals surface area contributed by atoms with Crippen molar-refractivity contribution in [2.75, 3.05) is 5.32 Å². The van der Waals surface area contributed by atoms with E-state index in [9.17, 15) is 14.7 Å². The molecule has 3 heterocycles. The number of aromatic nitrogens is 5. The van der Waals surface area contributed by atoms with Gasteiger partial charge in [-0.25, -0.2) is 4.98 Å². The Hall–Kier alpha value is -3.92. The molecule has 0 unspecified atom stereocenters. The molecule has 0 saturated heterocycles. The molecule has 176 valence electrons. The molecule has 0 spiro atoms. The molecule has 0 fully saturated rings. The van der Waals surface area contributed by atoms with Crippen molar-refractivity contribution in [1.82, 2.24) is 24.5 Å². The minimum Gasteiger partial charge on any atom is -0.501 e. The van der Waals surface area contributed by atoms with Gasteiger partial charge in [0.2, 0.25) is 5.75 Å². The van der Waals surface area contributed by atoms with Crippen molar-refractivity contribution in [3.05, 3.63) is 87.1 Å². The van der Waals surface area contributed by atoms with Crippen molar-refractivity contribution in [2.24, 2.45) is 7.05 Å². The first-order chi connectivity index (χ1) is 16.3. The number of aryl methyl sites for hydroxylation is 1. The Morgan fingerprint density at radius 3 is 2.71 bits per heavy atom. The number of anilines is 1. The van der Waals surface area contributed by atoms with Crippen LogP contribution in [0.25, 0.3) is 0 Å². The number of rotatable bonds is 7. The molecule has 0 aliphatic heterocycles. The van der Waals surface area contributed by atoms with E-state index < -0.39 is 34.9 Å². The number of carbonyl (C=O) groups is 1. The Morgan fingerprint density at radius 1 is 1.29 bits per heavy atom. The van der Waals surface area contributed by atoms with Crippen LogP contribution in [-0.2, 0) is 13.5 Å². The lowest BCUT2D eigenvalue weighted by molar-refractivity contribution is 0.101. The van der Waals surface area contributed by atoms with E-state index in [1.807, 2.05) is 38.2 Å². The highest BCUT2D eigenvalue weighted by molar-refractivity contribution is 6.31. The number of aromatic hydroxyl groups is 1. The number of nitrogens with one attached hydrogen (secondary N) is 1. The summed E-state index contributed by atoms with van der Waals surface area (Å²) in [5.41, 5.74) is 0.920. The molecule has 2 N–H and O–H groups in total. The molecule has 11 heteroatoms. The molecule has 34 heavy (non-hydrogen) atoms. The number of hydrogen-bond donors (Lipinski definition) is 2. The molecule has 0 aliphatic carbocycles. The van der Waals surface area contributed by atoms with Crippen LogP contribution in [0.3, 0.4) is 0 Å². The largest absolute Gasteiger partial charge is 0.501 e. The zero-order chi connectivity index (χ0) is 24.4. The van der Waals surface area contributed by atoms with E-state index in [1.165, 1.54) is 24.1 Å². The van der Waals surface area contributed by atoms with Crippen molar-refractivity contribution >= 4 is 23.2 Å². The minimum atomic E-state index is -0.770. The predicted molar refractivity (Wildman–Crippen MR) is 125 cm³/mol. The Kier molecular flexibility index (Phi) is 6.51. The van der Waals surface area contributed by atoms with Crippen LogP contribution >= 0.6 is 11.6 Å². The van der Waals surface area contributed by atoms with Crippen molar-refractivity contribution in [3.63, 3.8) is 0 Å². The van der Waals surface area contributed by atoms with Gasteiger partial charge in [-0.3, -0.25) is 18.8 Å². The van der Waals surface area contributed by atoms with Crippen LogP contribution in [0.5, 0.6) is 5.75 Å². The lowest BCUT2D eigenvalue weighted by Crippen LogP contribution is -2.30. The molecule has 0 radical (unpaired) electrons. The quantitative estimate of drug-likeness (QED) is 0.412. The summed E-state index contributed by atoms with van der Waals surface area (Å²) in [6.07, 6.45) is 7.00. The Bertz CT molecular complexity index is 1380. The van der Waals surface area contributed by atoms with Crippen molar-refractivity contribution in [3.8, 4) is 5.75 Å². The van der Waals surface area contributed by atoms with Gasteiger partial charge in [-0.1, -0.05) is 48.8 Å². The molecule has 3 aromatic heterocycles. The summed E-state index contributed by atoms with van der Waals surface area (Å²) < 4.78 is 7.71. The van der Waals surface area contributed by atoms with Gasteiger partial charge in [-0.05, 0) is 23.6 Å². The van der Waals surface area contributed by atoms with E-state index in [0.717, 1.165) is 17.5 Å². The third kappa shape index (κ3) is 4.32. The van der Waals surface area contributed by atoms with Gasteiger partial charge in [0.05, 0.1) is 18.4 Å². The molecule has 4 rings (SSSR count). The fraction of sp³-hybridized carbons (Fsp3) is 0.261. The van der Waals surface area contributed by atoms with Gasteiger partial charge in [0, 0.05) is 24.2 Å². The van der Waals surface area contributed by atoms with Crippen LogP contribution in [0.2, 0.25) is 5.02 Å². The topological polar surface area (TPSA) is 128 Å². The van der Waals surface area contributed by atoms with Crippen molar-refractivity contribution in [2.45, 2.75) is 32.2 Å². The standard InChI is InChI=1S/C23H23ClN6O4/c1-4-14-9-25-30(11-14)19(16-7-5-6-8-17(16)24)13(2)21-28-18(20(31)23(33)29(21)3)22(32)27-15-10-26-34-12-15/h5-13,19,31H,4H2,1-3H3,(H,27,32)/t13-,19+/m0/s1. The van der Waals surface area contributed by atoms with Crippen molar-refractivity contribution in [1.29, 1.82) is 0 Å². The molecule has 1 amide bonds. The number of nitrogens with zero attached hydrogens (tertiary/aromatic N) is 5. The van der Waals surface area contributed by atoms with Gasteiger partial charge in [0.25, 0.3) is 11.5 Å². The SMILES string of the molecule is CCc1cnn([C@@H](c2ccccc2Cl)[C@H](C)c2nc(C(=O)Nc3cnoc3)c(O)c(=O)n2C)c1. The number of amides is 1. The second-order valence-corrected chi connectivity index (χ2v) is 8.24. The monoisotopic (exact) mass is 482 g/mol. The van der Waals surface area contributed by atoms with Gasteiger partial charge in [0.1, 0.15) is 17.8 Å². The molecular weight excluding hydrogens is 460 g/mol. The zero-order valence-electron chi connectivity index (χ0n) is 18.8. The Morgan fingerprint density at radius 2 is 2.06 bits per heavy atom. The van der Waals surface area contributed by atoms with Crippen LogP contribution < -0.4 is 10.9 Å². The third-order valence-corrected chi connectivity index (χ3v) is 6.00. The van der Waals surface area contributed by atoms with Crippen LogP contribution in [-0.4, -0.2) is 35.5 Å². The fourth-order valence-corrected chi connectivity index (χ4v) is 4.09. The highest BCUT2D eigenvalue weighted by atomic mass is 35.5. The van der Waals surface area contributed by atoms with E-state index in [2.05, 4.69) is 20.6 Å². The van der Waals surface area contributed by atoms with E-state index >= 15 is 0 Å². The van der Waals surface area contributed by atoms with Gasteiger partial charge >= 0.3 is 0 Å². The van der Waals surface area contributed by atoms with Gasteiger partial charge < -0.3 is 14.9 Å². The summed E-state index contributed by atoms with van der Waals surface area (Å²) in [5.74, 6) is -1.72. The van der Waals surface area contributed by atoms with E-state index in [-0.39, 0.29) is 11.5 Å². The molecule has 0 saturated carbocycles. The minimum absolute atomic E-state index is 0.263. The summed E-state index contributed by atoms with van der Waals surface area (Å²) in [4.78, 5) is 30.0. The summed E-state index contributed by atoms with van der Waals surface area (Å²) in [6.45, 7) is 3.89. The average Bonchev–Trinajstić information content (AvgIpc) is 3.51. The lowest BCUT2D eigenvalue weighted by Gasteiger charge is -2.27. The van der Waals surface area contributed by atoms with Crippen LogP contribution in [0.15, 0.2) is 58.4 Å². The van der Waals surface area contributed by atoms with Crippen molar-refractivity contribution < 1.29 is 14.4 Å². The smallest absolute Gasteiger partial charge is 0.296 e. The average molecular weight is 483 g/mol. The first-order valence-corrected chi connectivity index (χ1v) is 11.0. The third-order valence-electron chi connectivity index (χ3n) is 5.66. The van der Waals surface area contributed by atoms with Crippen LogP contribution in [0.4, 0.5) is 5.69 Å². The molecule has 0 aliphatic rings. The van der Waals surface area contributed by atoms with E-state index in [1.54, 1.807) is 16.9 Å². The van der Waals surface area contributed by atoms with E-state index in [4.69, 9.17) is 16.1 Å². The zero-order valence-corrected chi connectivity index (χ0v) is 19.5. The number of hydrogen-bond acceptors (Lipinski definition) is 7. The normalized spacial score (nSPS) is 12.9. The first-order valence-electron chi connectivity index (χ1n) is 10.6. The maximum Gasteiger partial charge on any atom is 0.296 e. The molecule has 1 aromatic carbocycles. The van der Waals surface area contributed by atoms with Gasteiger partial charge in [0.15, 0.2) is 5.69 Å². The number of halogens is 1. The summed E-state index contributed by atoms with van der Waals surface area (Å²) in [6, 6.07) is 6.92. The Balaban J connectivity index is 1.83. The first kappa shape index (κ1) is 23.2. The van der Waals surface area contributed by atoms with Crippen LogP contribution in [0, 0.1) is 0 Å².